The first kappa shape index (κ1) is 18.4. The fourth-order valence-electron chi connectivity index (χ4n) is 3.89. The topological polar surface area (TPSA) is 63.5 Å². The van der Waals surface area contributed by atoms with E-state index in [-0.39, 0.29) is 11.7 Å². The van der Waals surface area contributed by atoms with Crippen molar-refractivity contribution in [3.05, 3.63) is 60.0 Å². The molecule has 2 heterocycles. The van der Waals surface area contributed by atoms with Gasteiger partial charge in [0.2, 0.25) is 0 Å². The molecule has 1 amide bonds. The summed E-state index contributed by atoms with van der Waals surface area (Å²) in [5.74, 6) is 0.543. The van der Waals surface area contributed by atoms with E-state index in [0.29, 0.717) is 17.2 Å². The maximum Gasteiger partial charge on any atom is 0.271 e. The van der Waals surface area contributed by atoms with Gasteiger partial charge in [-0.3, -0.25) is 9.59 Å². The molecule has 5 nitrogen and oxygen atoms in total. The molecular weight excluding hydrogens is 350 g/mol. The van der Waals surface area contributed by atoms with Crippen LogP contribution in [0.5, 0.6) is 0 Å². The molecule has 28 heavy (non-hydrogen) atoms. The van der Waals surface area contributed by atoms with Crippen molar-refractivity contribution in [3.8, 4) is 11.1 Å². The van der Waals surface area contributed by atoms with Gasteiger partial charge >= 0.3 is 0 Å². The molecule has 1 aliphatic rings. The molecule has 0 spiro atoms. The fourth-order valence-corrected chi connectivity index (χ4v) is 3.89. The van der Waals surface area contributed by atoms with Crippen LogP contribution in [0.2, 0.25) is 0 Å². The minimum atomic E-state index is -0.110. The minimum absolute atomic E-state index is 0.0560. The summed E-state index contributed by atoms with van der Waals surface area (Å²) in [5, 5.41) is 3.05. The second-order valence-electron chi connectivity index (χ2n) is 7.66. The number of benzene rings is 1. The number of nitrogens with one attached hydrogen (secondary N) is 1. The first-order chi connectivity index (χ1) is 13.6. The molecule has 0 atom stereocenters. The van der Waals surface area contributed by atoms with Gasteiger partial charge in [-0.15, -0.1) is 0 Å². The quantitative estimate of drug-likeness (QED) is 0.667. The summed E-state index contributed by atoms with van der Waals surface area (Å²) < 4.78 is 1.88. The van der Waals surface area contributed by atoms with Gasteiger partial charge in [0, 0.05) is 24.5 Å². The predicted molar refractivity (Wildman–Crippen MR) is 110 cm³/mol. The molecule has 0 bridgehead atoms. The molecule has 0 unspecified atom stereocenters. The summed E-state index contributed by atoms with van der Waals surface area (Å²) in [6, 6.07) is 11.4. The van der Waals surface area contributed by atoms with Crippen LogP contribution in [-0.2, 0) is 0 Å². The maximum absolute atomic E-state index is 12.5. The zero-order valence-corrected chi connectivity index (χ0v) is 16.1. The number of hydrogen-bond acceptors (Lipinski definition) is 3. The highest BCUT2D eigenvalue weighted by molar-refractivity contribution is 5.94. The second-order valence-corrected chi connectivity index (χ2v) is 7.66. The molecule has 1 fully saturated rings. The zero-order valence-electron chi connectivity index (χ0n) is 16.1. The molecule has 3 aromatic rings. The van der Waals surface area contributed by atoms with Crippen LogP contribution in [0.1, 0.15) is 59.9 Å². The Balaban J connectivity index is 1.49. The van der Waals surface area contributed by atoms with Crippen LogP contribution in [0.25, 0.3) is 16.8 Å². The molecule has 4 rings (SSSR count). The number of amides is 1. The van der Waals surface area contributed by atoms with Crippen LogP contribution in [0.4, 0.5) is 0 Å². The molecule has 2 aromatic heterocycles. The monoisotopic (exact) mass is 375 g/mol. The van der Waals surface area contributed by atoms with Crippen LogP contribution >= 0.6 is 0 Å². The molecular formula is C23H25N3O2. The summed E-state index contributed by atoms with van der Waals surface area (Å²) in [5.41, 5.74) is 3.91. The molecule has 1 aromatic carbocycles. The third-order valence-corrected chi connectivity index (χ3v) is 5.58. The summed E-state index contributed by atoms with van der Waals surface area (Å²) in [6.45, 7) is 2.30. The first-order valence-corrected chi connectivity index (χ1v) is 9.98. The molecule has 5 heteroatoms. The van der Waals surface area contributed by atoms with Crippen molar-refractivity contribution in [2.75, 3.05) is 6.54 Å². The Hall–Kier alpha value is -2.95. The van der Waals surface area contributed by atoms with Crippen LogP contribution in [-0.4, -0.2) is 27.6 Å². The fraction of sp³-hybridized carbons (Fsp3) is 0.348. The van der Waals surface area contributed by atoms with Crippen molar-refractivity contribution in [1.82, 2.24) is 14.7 Å². The van der Waals surface area contributed by atoms with Gasteiger partial charge in [0.15, 0.2) is 5.78 Å². The van der Waals surface area contributed by atoms with Gasteiger partial charge in [-0.05, 0) is 48.9 Å². The Morgan fingerprint density at radius 1 is 1.00 bits per heavy atom. The van der Waals surface area contributed by atoms with Gasteiger partial charge < -0.3 is 9.72 Å². The number of aromatic nitrogens is 2. The summed E-state index contributed by atoms with van der Waals surface area (Å²) in [7, 11) is 0. The number of fused-ring (bicyclic) bond motifs is 1. The Labute approximate surface area is 164 Å². The molecule has 0 saturated heterocycles. The Morgan fingerprint density at radius 3 is 2.43 bits per heavy atom. The standard InChI is InChI=1S/C23H25N3O2/c1-16(27)18-7-9-19(10-8-18)20-11-12-22-25-21(15-26(22)14-20)23(28)24-13-17-5-3-2-4-6-17/h7-12,14-15,17H,2-6,13H2,1H3,(H,24,28). The average molecular weight is 375 g/mol. The summed E-state index contributed by atoms with van der Waals surface area (Å²) in [4.78, 5) is 28.4. The molecule has 1 N–H and O–H groups in total. The van der Waals surface area contributed by atoms with E-state index in [1.165, 1.54) is 32.1 Å². The van der Waals surface area contributed by atoms with Crippen molar-refractivity contribution in [2.45, 2.75) is 39.0 Å². The maximum atomic E-state index is 12.5. The smallest absolute Gasteiger partial charge is 0.271 e. The molecule has 1 aliphatic carbocycles. The molecule has 0 radical (unpaired) electrons. The van der Waals surface area contributed by atoms with Gasteiger partial charge in [-0.1, -0.05) is 43.5 Å². The number of carbonyl (C=O) groups excluding carboxylic acids is 2. The van der Waals surface area contributed by atoms with Crippen molar-refractivity contribution >= 4 is 17.3 Å². The highest BCUT2D eigenvalue weighted by Gasteiger charge is 2.16. The number of ketones is 1. The predicted octanol–water partition coefficient (Wildman–Crippen LogP) is 4.51. The van der Waals surface area contributed by atoms with E-state index in [1.807, 2.05) is 47.0 Å². The largest absolute Gasteiger partial charge is 0.350 e. The highest BCUT2D eigenvalue weighted by atomic mass is 16.2. The van der Waals surface area contributed by atoms with Crippen LogP contribution in [0.15, 0.2) is 48.8 Å². The molecule has 0 aliphatic heterocycles. The number of rotatable bonds is 5. The lowest BCUT2D eigenvalue weighted by molar-refractivity contribution is 0.0938. The number of pyridine rings is 1. The van der Waals surface area contributed by atoms with E-state index in [9.17, 15) is 9.59 Å². The number of carbonyl (C=O) groups is 2. The third kappa shape index (κ3) is 3.98. The number of nitrogens with zero attached hydrogens (tertiary/aromatic N) is 2. The first-order valence-electron chi connectivity index (χ1n) is 9.98. The van der Waals surface area contributed by atoms with E-state index >= 15 is 0 Å². The lowest BCUT2D eigenvalue weighted by Crippen LogP contribution is -2.30. The normalized spacial score (nSPS) is 14.9. The van der Waals surface area contributed by atoms with Crippen LogP contribution in [0.3, 0.4) is 0 Å². The SMILES string of the molecule is CC(=O)c1ccc(-c2ccc3nc(C(=O)NCC4CCCCC4)cn3c2)cc1. The Morgan fingerprint density at radius 2 is 1.71 bits per heavy atom. The Bertz CT molecular complexity index is 998. The molecule has 1 saturated carbocycles. The van der Waals surface area contributed by atoms with E-state index in [2.05, 4.69) is 10.3 Å². The minimum Gasteiger partial charge on any atom is -0.350 e. The Kier molecular flexibility index (Phi) is 5.24. The summed E-state index contributed by atoms with van der Waals surface area (Å²) >= 11 is 0. The second kappa shape index (κ2) is 7.97. The van der Waals surface area contributed by atoms with Crippen molar-refractivity contribution in [2.24, 2.45) is 5.92 Å². The van der Waals surface area contributed by atoms with E-state index < -0.39 is 0 Å². The summed E-state index contributed by atoms with van der Waals surface area (Å²) in [6.07, 6.45) is 10.0. The number of imidazole rings is 1. The lowest BCUT2D eigenvalue weighted by Gasteiger charge is -2.21. The highest BCUT2D eigenvalue weighted by Crippen LogP contribution is 2.23. The molecule has 144 valence electrons. The van der Waals surface area contributed by atoms with Crippen molar-refractivity contribution in [3.63, 3.8) is 0 Å². The van der Waals surface area contributed by atoms with E-state index in [0.717, 1.165) is 23.3 Å². The van der Waals surface area contributed by atoms with Gasteiger partial charge in [0.05, 0.1) is 0 Å². The van der Waals surface area contributed by atoms with Gasteiger partial charge in [-0.25, -0.2) is 4.98 Å². The zero-order chi connectivity index (χ0) is 19.5. The van der Waals surface area contributed by atoms with Crippen molar-refractivity contribution < 1.29 is 9.59 Å². The van der Waals surface area contributed by atoms with E-state index in [4.69, 9.17) is 0 Å². The van der Waals surface area contributed by atoms with Gasteiger partial charge in [-0.2, -0.15) is 0 Å². The lowest BCUT2D eigenvalue weighted by atomic mass is 9.89. The van der Waals surface area contributed by atoms with Crippen LogP contribution < -0.4 is 5.32 Å². The number of Topliss-reactive ketones (excluding diaryl/α,β-unsaturated/α-hetero) is 1. The average Bonchev–Trinajstić information content (AvgIpc) is 3.16. The van der Waals surface area contributed by atoms with E-state index in [1.54, 1.807) is 13.1 Å². The van der Waals surface area contributed by atoms with Crippen molar-refractivity contribution in [1.29, 1.82) is 0 Å². The van der Waals surface area contributed by atoms with Gasteiger partial charge in [0.1, 0.15) is 11.3 Å². The number of hydrogen-bond donors (Lipinski definition) is 1. The van der Waals surface area contributed by atoms with Gasteiger partial charge in [0.25, 0.3) is 5.91 Å². The van der Waals surface area contributed by atoms with Crippen LogP contribution in [0, 0.1) is 5.92 Å². The third-order valence-electron chi connectivity index (χ3n) is 5.58.